The molecule has 0 atom stereocenters. The first-order valence-corrected chi connectivity index (χ1v) is 7.05. The quantitative estimate of drug-likeness (QED) is 0.836. The first kappa shape index (κ1) is 17.8. The number of nitrogens with one attached hydrogen (secondary N) is 1. The summed E-state index contributed by atoms with van der Waals surface area (Å²) in [5, 5.41) is 2.42. The molecule has 7 heteroatoms. The summed E-state index contributed by atoms with van der Waals surface area (Å²) < 4.78 is 52.2. The van der Waals surface area contributed by atoms with Crippen molar-refractivity contribution in [3.05, 3.63) is 58.9 Å². The Labute approximate surface area is 136 Å². The lowest BCUT2D eigenvalue weighted by molar-refractivity contribution is -0.137. The van der Waals surface area contributed by atoms with Gasteiger partial charge in [0.2, 0.25) is 0 Å². The van der Waals surface area contributed by atoms with Gasteiger partial charge in [-0.15, -0.1) is 0 Å². The molecule has 0 saturated carbocycles. The molecule has 0 bridgehead atoms. The molecule has 0 aromatic heterocycles. The summed E-state index contributed by atoms with van der Waals surface area (Å²) in [5.74, 6) is -1.24. The second-order valence-corrected chi connectivity index (χ2v) is 5.54. The van der Waals surface area contributed by atoms with Crippen LogP contribution in [0.5, 0.6) is 0 Å². The largest absolute Gasteiger partial charge is 0.416 e. The lowest BCUT2D eigenvalue weighted by Gasteiger charge is -2.20. The maximum atomic E-state index is 13.6. The maximum Gasteiger partial charge on any atom is 0.416 e. The van der Waals surface area contributed by atoms with Crippen LogP contribution in [0.4, 0.5) is 28.9 Å². The standard InChI is InChI=1S/C17H16F4N2O/c1-10-4-5-11(8-13(10)18)16(24)22-14-9-12(17(19,20)21)6-7-15(14)23(2)3/h4-9H,1-3H3,(H,22,24). The minimum absolute atomic E-state index is 0.000748. The number of hydrogen-bond donors (Lipinski definition) is 1. The second-order valence-electron chi connectivity index (χ2n) is 5.54. The van der Waals surface area contributed by atoms with Crippen LogP contribution in [-0.4, -0.2) is 20.0 Å². The minimum atomic E-state index is -4.53. The van der Waals surface area contributed by atoms with Crippen LogP contribution in [-0.2, 0) is 6.18 Å². The molecule has 2 aromatic rings. The van der Waals surface area contributed by atoms with E-state index in [0.29, 0.717) is 11.3 Å². The fourth-order valence-electron chi connectivity index (χ4n) is 2.13. The van der Waals surface area contributed by atoms with E-state index in [4.69, 9.17) is 0 Å². The lowest BCUT2D eigenvalue weighted by Crippen LogP contribution is -2.18. The van der Waals surface area contributed by atoms with Gasteiger partial charge >= 0.3 is 6.18 Å². The van der Waals surface area contributed by atoms with Gasteiger partial charge in [0, 0.05) is 19.7 Å². The van der Waals surface area contributed by atoms with E-state index in [1.807, 2.05) is 0 Å². The first-order chi connectivity index (χ1) is 11.1. The number of rotatable bonds is 3. The molecule has 0 heterocycles. The molecule has 0 saturated heterocycles. The van der Waals surface area contributed by atoms with Gasteiger partial charge in [0.15, 0.2) is 0 Å². The fourth-order valence-corrected chi connectivity index (χ4v) is 2.13. The summed E-state index contributed by atoms with van der Waals surface area (Å²) in [6, 6.07) is 6.97. The van der Waals surface area contributed by atoms with Crippen molar-refractivity contribution in [2.24, 2.45) is 0 Å². The molecule has 0 fully saturated rings. The topological polar surface area (TPSA) is 32.3 Å². The highest BCUT2D eigenvalue weighted by Gasteiger charge is 2.31. The van der Waals surface area contributed by atoms with Crippen LogP contribution in [0.3, 0.4) is 0 Å². The third-order valence-electron chi connectivity index (χ3n) is 3.49. The van der Waals surface area contributed by atoms with Crippen LogP contribution >= 0.6 is 0 Å². The fraction of sp³-hybridized carbons (Fsp3) is 0.235. The Morgan fingerprint density at radius 1 is 1.08 bits per heavy atom. The van der Waals surface area contributed by atoms with Crippen LogP contribution in [0.25, 0.3) is 0 Å². The number of benzene rings is 2. The third kappa shape index (κ3) is 3.84. The van der Waals surface area contributed by atoms with Gasteiger partial charge in [0.1, 0.15) is 5.82 Å². The summed E-state index contributed by atoms with van der Waals surface area (Å²) in [4.78, 5) is 13.8. The van der Waals surface area contributed by atoms with E-state index in [1.54, 1.807) is 25.9 Å². The van der Waals surface area contributed by atoms with Gasteiger partial charge in [-0.1, -0.05) is 6.07 Å². The van der Waals surface area contributed by atoms with E-state index in [9.17, 15) is 22.4 Å². The predicted molar refractivity (Wildman–Crippen MR) is 84.9 cm³/mol. The molecule has 3 nitrogen and oxygen atoms in total. The molecule has 2 rings (SSSR count). The summed E-state index contributed by atoms with van der Waals surface area (Å²) in [6.07, 6.45) is -4.53. The predicted octanol–water partition coefficient (Wildman–Crippen LogP) is 4.47. The molecular weight excluding hydrogens is 324 g/mol. The van der Waals surface area contributed by atoms with Crippen molar-refractivity contribution in [1.29, 1.82) is 0 Å². The van der Waals surface area contributed by atoms with E-state index < -0.39 is 23.5 Å². The number of anilines is 2. The Bertz CT molecular complexity index is 770. The highest BCUT2D eigenvalue weighted by atomic mass is 19.4. The molecule has 24 heavy (non-hydrogen) atoms. The summed E-state index contributed by atoms with van der Waals surface area (Å²) >= 11 is 0. The van der Waals surface area contributed by atoms with E-state index in [0.717, 1.165) is 18.2 Å². The van der Waals surface area contributed by atoms with Crippen molar-refractivity contribution in [3.63, 3.8) is 0 Å². The van der Waals surface area contributed by atoms with Gasteiger partial charge in [-0.05, 0) is 42.8 Å². The molecule has 0 unspecified atom stereocenters. The average molecular weight is 340 g/mol. The Morgan fingerprint density at radius 2 is 1.75 bits per heavy atom. The van der Waals surface area contributed by atoms with Crippen molar-refractivity contribution in [2.75, 3.05) is 24.3 Å². The lowest BCUT2D eigenvalue weighted by atomic mass is 10.1. The molecule has 0 radical (unpaired) electrons. The smallest absolute Gasteiger partial charge is 0.376 e. The highest BCUT2D eigenvalue weighted by Crippen LogP contribution is 2.35. The van der Waals surface area contributed by atoms with Gasteiger partial charge < -0.3 is 10.2 Å². The van der Waals surface area contributed by atoms with Gasteiger partial charge in [-0.25, -0.2) is 4.39 Å². The molecular formula is C17H16F4N2O. The molecule has 0 aliphatic rings. The molecule has 0 aliphatic carbocycles. The molecule has 0 aliphatic heterocycles. The van der Waals surface area contributed by atoms with Crippen LogP contribution in [0.1, 0.15) is 21.5 Å². The van der Waals surface area contributed by atoms with Crippen molar-refractivity contribution in [3.8, 4) is 0 Å². The summed E-state index contributed by atoms with van der Waals surface area (Å²) in [6.45, 7) is 1.55. The Kier molecular flexibility index (Phi) is 4.82. The number of amides is 1. The third-order valence-corrected chi connectivity index (χ3v) is 3.49. The second kappa shape index (κ2) is 6.51. The average Bonchev–Trinajstić information content (AvgIpc) is 2.48. The van der Waals surface area contributed by atoms with E-state index >= 15 is 0 Å². The van der Waals surface area contributed by atoms with Crippen LogP contribution < -0.4 is 10.2 Å². The maximum absolute atomic E-state index is 13.6. The molecule has 0 spiro atoms. The number of aryl methyl sites for hydroxylation is 1. The van der Waals surface area contributed by atoms with Gasteiger partial charge in [-0.2, -0.15) is 13.2 Å². The Hall–Kier alpha value is -2.57. The van der Waals surface area contributed by atoms with Crippen molar-refractivity contribution >= 4 is 17.3 Å². The first-order valence-electron chi connectivity index (χ1n) is 7.05. The van der Waals surface area contributed by atoms with Gasteiger partial charge in [-0.3, -0.25) is 4.79 Å². The van der Waals surface area contributed by atoms with E-state index in [2.05, 4.69) is 5.32 Å². The minimum Gasteiger partial charge on any atom is -0.376 e. The van der Waals surface area contributed by atoms with Gasteiger partial charge in [0.25, 0.3) is 5.91 Å². The SMILES string of the molecule is Cc1ccc(C(=O)Nc2cc(C(F)(F)F)ccc2N(C)C)cc1F. The number of carbonyl (C=O) groups is 1. The van der Waals surface area contributed by atoms with Crippen LogP contribution in [0.2, 0.25) is 0 Å². The monoisotopic (exact) mass is 340 g/mol. The number of carbonyl (C=O) groups excluding carboxylic acids is 1. The van der Waals surface area contributed by atoms with E-state index in [-0.39, 0.29) is 11.3 Å². The van der Waals surface area contributed by atoms with Gasteiger partial charge in [0.05, 0.1) is 16.9 Å². The number of alkyl halides is 3. The van der Waals surface area contributed by atoms with Crippen molar-refractivity contribution in [2.45, 2.75) is 13.1 Å². The zero-order valence-corrected chi connectivity index (χ0v) is 13.3. The molecule has 1 amide bonds. The van der Waals surface area contributed by atoms with E-state index in [1.165, 1.54) is 18.2 Å². The summed E-state index contributed by atoms with van der Waals surface area (Å²) in [5.41, 5.74) is -0.0666. The summed E-state index contributed by atoms with van der Waals surface area (Å²) in [7, 11) is 3.29. The van der Waals surface area contributed by atoms with Crippen molar-refractivity contribution in [1.82, 2.24) is 0 Å². The Balaban J connectivity index is 2.39. The van der Waals surface area contributed by atoms with Crippen LogP contribution in [0, 0.1) is 12.7 Å². The normalized spacial score (nSPS) is 11.3. The molecule has 2 aromatic carbocycles. The number of halogens is 4. The zero-order valence-electron chi connectivity index (χ0n) is 13.3. The zero-order chi connectivity index (χ0) is 18.1. The molecule has 128 valence electrons. The highest BCUT2D eigenvalue weighted by molar-refractivity contribution is 6.06. The number of nitrogens with zero attached hydrogens (tertiary/aromatic N) is 1. The number of hydrogen-bond acceptors (Lipinski definition) is 2. The Morgan fingerprint density at radius 3 is 2.29 bits per heavy atom. The van der Waals surface area contributed by atoms with Crippen molar-refractivity contribution < 1.29 is 22.4 Å². The van der Waals surface area contributed by atoms with Crippen LogP contribution in [0.15, 0.2) is 36.4 Å². The molecule has 1 N–H and O–H groups in total.